The quantitative estimate of drug-likeness (QED) is 0.224. The fourth-order valence-corrected chi connectivity index (χ4v) is 4.21. The number of aryl methyl sites for hydroxylation is 1. The maximum atomic E-state index is 12.3. The van der Waals surface area contributed by atoms with Crippen molar-refractivity contribution in [3.8, 4) is 24.2 Å². The Balaban J connectivity index is 0.000000371. The third kappa shape index (κ3) is 10.1. The maximum Gasteiger partial charge on any atom is 0.253 e. The van der Waals surface area contributed by atoms with Crippen molar-refractivity contribution < 1.29 is 9.53 Å². The number of terminal acetylenes is 1. The minimum Gasteiger partial charge on any atom is -0.490 e. The van der Waals surface area contributed by atoms with Crippen LogP contribution in [0.3, 0.4) is 0 Å². The lowest BCUT2D eigenvalue weighted by molar-refractivity contribution is 0.0893. The van der Waals surface area contributed by atoms with Crippen molar-refractivity contribution in [2.24, 2.45) is 0 Å². The van der Waals surface area contributed by atoms with Gasteiger partial charge in [0.25, 0.3) is 5.91 Å². The topological polar surface area (TPSA) is 75.0 Å². The number of hydrogen-bond acceptors (Lipinski definition) is 4. The summed E-state index contributed by atoms with van der Waals surface area (Å²) in [5, 5.41) is 13.9. The molecule has 1 aromatic heterocycles. The molecule has 1 fully saturated rings. The molecule has 1 N–H and O–H groups in total. The van der Waals surface area contributed by atoms with E-state index in [0.29, 0.717) is 41.1 Å². The molecule has 1 unspecified atom stereocenters. The second-order valence-electron chi connectivity index (χ2n) is 8.40. The molecule has 0 bridgehead atoms. The largest absolute Gasteiger partial charge is 0.490 e. The average molecular weight is 554 g/mol. The Hall–Kier alpha value is -3.08. The first kappa shape index (κ1) is 30.1. The van der Waals surface area contributed by atoms with Crippen LogP contribution in [0.5, 0.6) is 5.75 Å². The van der Waals surface area contributed by atoms with Crippen LogP contribution in [-0.4, -0.2) is 29.7 Å². The van der Waals surface area contributed by atoms with Crippen LogP contribution in [0.4, 0.5) is 0 Å². The van der Waals surface area contributed by atoms with Gasteiger partial charge in [0.15, 0.2) is 0 Å². The van der Waals surface area contributed by atoms with E-state index in [-0.39, 0.29) is 18.1 Å². The Morgan fingerprint density at radius 1 is 1.27 bits per heavy atom. The standard InChI is InChI=1S/C20H20ClN3O2.C9H10ClP/c1-13-2-3-15(12-23-13)20(25)24-16-5-8-17(9-6-16)26-18-7-4-14(11-22)19(21)10-18;1-5-7(2)9(10)6-8(3)11-4/h2-4,7,10,12,16-17H,5-6,8-9H2,1H3,(H,24,25);1,6,11H,2-3H2,4H3/b;9-6+. The summed E-state index contributed by atoms with van der Waals surface area (Å²) in [7, 11) is 0.653. The molecular weight excluding hydrogens is 524 g/mol. The molecule has 192 valence electrons. The molecular formula is C29H30Cl2N3O2P. The number of halogens is 2. The van der Waals surface area contributed by atoms with Crippen molar-refractivity contribution >= 4 is 37.7 Å². The molecule has 1 amide bonds. The van der Waals surface area contributed by atoms with Crippen LogP contribution < -0.4 is 10.1 Å². The van der Waals surface area contributed by atoms with Crippen molar-refractivity contribution in [3.63, 3.8) is 0 Å². The van der Waals surface area contributed by atoms with E-state index in [0.717, 1.165) is 36.7 Å². The first-order chi connectivity index (χ1) is 17.7. The highest BCUT2D eigenvalue weighted by Crippen LogP contribution is 2.27. The molecule has 37 heavy (non-hydrogen) atoms. The molecule has 1 aromatic carbocycles. The highest BCUT2D eigenvalue weighted by Gasteiger charge is 2.24. The van der Waals surface area contributed by atoms with Crippen LogP contribution in [0, 0.1) is 30.6 Å². The zero-order valence-electron chi connectivity index (χ0n) is 21.0. The summed E-state index contributed by atoms with van der Waals surface area (Å²) in [4.78, 5) is 16.4. The Bertz CT molecular complexity index is 1240. The zero-order chi connectivity index (χ0) is 27.4. The minimum absolute atomic E-state index is 0.0826. The Morgan fingerprint density at radius 3 is 2.51 bits per heavy atom. The molecule has 5 nitrogen and oxygen atoms in total. The van der Waals surface area contributed by atoms with Crippen molar-refractivity contribution in [2.45, 2.75) is 44.8 Å². The molecule has 2 aromatic rings. The SMILES string of the molecule is C#CC(=C)/C(Cl)=C\C(=C)PC.Cc1ccc(C(=O)NC2CCC(Oc3ccc(C#N)c(Cl)c3)CC2)cn1. The molecule has 1 aliphatic rings. The number of carbonyl (C=O) groups excluding carboxylic acids is 1. The van der Waals surface area contributed by atoms with Gasteiger partial charge in [0.1, 0.15) is 11.8 Å². The predicted molar refractivity (Wildman–Crippen MR) is 155 cm³/mol. The number of pyridine rings is 1. The van der Waals surface area contributed by atoms with Gasteiger partial charge in [0, 0.05) is 29.6 Å². The number of allylic oxidation sites excluding steroid dienone is 4. The Labute approximate surface area is 231 Å². The molecule has 0 spiro atoms. The molecule has 3 rings (SSSR count). The van der Waals surface area contributed by atoms with Gasteiger partial charge in [-0.2, -0.15) is 5.26 Å². The number of nitrogens with zero attached hydrogens (tertiary/aromatic N) is 2. The van der Waals surface area contributed by atoms with Crippen molar-refractivity contribution in [3.05, 3.63) is 93.5 Å². The number of nitriles is 1. The van der Waals surface area contributed by atoms with E-state index >= 15 is 0 Å². The molecule has 0 aliphatic heterocycles. The highest BCUT2D eigenvalue weighted by molar-refractivity contribution is 7.42. The van der Waals surface area contributed by atoms with E-state index in [9.17, 15) is 4.79 Å². The second-order valence-corrected chi connectivity index (χ2v) is 10.4. The monoisotopic (exact) mass is 553 g/mol. The summed E-state index contributed by atoms with van der Waals surface area (Å²) >= 11 is 11.8. The second kappa shape index (κ2) is 15.2. The van der Waals surface area contributed by atoms with Crippen LogP contribution >= 0.6 is 31.8 Å². The fraction of sp³-hybridized carbons (Fsp3) is 0.276. The summed E-state index contributed by atoms with van der Waals surface area (Å²) in [6.07, 6.45) is 12.0. The average Bonchev–Trinajstić information content (AvgIpc) is 2.90. The third-order valence-corrected chi connectivity index (χ3v) is 7.07. The van der Waals surface area contributed by atoms with Crippen LogP contribution in [0.2, 0.25) is 5.02 Å². The van der Waals surface area contributed by atoms with Gasteiger partial charge in [-0.15, -0.1) is 6.42 Å². The van der Waals surface area contributed by atoms with E-state index in [4.69, 9.17) is 39.6 Å². The van der Waals surface area contributed by atoms with Crippen molar-refractivity contribution in [1.82, 2.24) is 10.3 Å². The van der Waals surface area contributed by atoms with Crippen LogP contribution in [0.25, 0.3) is 0 Å². The number of benzene rings is 1. The third-order valence-electron chi connectivity index (χ3n) is 5.63. The molecule has 0 saturated heterocycles. The highest BCUT2D eigenvalue weighted by atomic mass is 35.5. The van der Waals surface area contributed by atoms with Crippen LogP contribution in [0.15, 0.2) is 71.7 Å². The Kier molecular flexibility index (Phi) is 12.4. The molecule has 1 saturated carbocycles. The molecule has 8 heteroatoms. The van der Waals surface area contributed by atoms with Gasteiger partial charge in [-0.1, -0.05) is 50.9 Å². The molecule has 0 radical (unpaired) electrons. The summed E-state index contributed by atoms with van der Waals surface area (Å²) in [5.74, 6) is 2.95. The number of aromatic nitrogens is 1. The zero-order valence-corrected chi connectivity index (χ0v) is 23.5. The van der Waals surface area contributed by atoms with E-state index in [1.807, 2.05) is 25.7 Å². The smallest absolute Gasteiger partial charge is 0.253 e. The number of rotatable bonds is 7. The maximum absolute atomic E-state index is 12.3. The first-order valence-electron chi connectivity index (χ1n) is 11.7. The van der Waals surface area contributed by atoms with Gasteiger partial charge in [-0.3, -0.25) is 9.78 Å². The van der Waals surface area contributed by atoms with Crippen LogP contribution in [-0.2, 0) is 0 Å². The number of nitrogens with one attached hydrogen (secondary N) is 1. The van der Waals surface area contributed by atoms with E-state index in [1.54, 1.807) is 36.5 Å². The normalized spacial score (nSPS) is 17.1. The summed E-state index contributed by atoms with van der Waals surface area (Å²) < 4.78 is 5.97. The van der Waals surface area contributed by atoms with Gasteiger partial charge < -0.3 is 10.1 Å². The number of carbonyl (C=O) groups is 1. The lowest BCUT2D eigenvalue weighted by Crippen LogP contribution is -2.39. The van der Waals surface area contributed by atoms with E-state index in [1.165, 1.54) is 0 Å². The first-order valence-corrected chi connectivity index (χ1v) is 13.9. The van der Waals surface area contributed by atoms with Crippen molar-refractivity contribution in [1.29, 1.82) is 5.26 Å². The summed E-state index contributed by atoms with van der Waals surface area (Å²) in [6.45, 7) is 11.3. The molecule has 1 atom stereocenters. The van der Waals surface area contributed by atoms with Gasteiger partial charge >= 0.3 is 0 Å². The van der Waals surface area contributed by atoms with Gasteiger partial charge in [-0.05, 0) is 74.9 Å². The van der Waals surface area contributed by atoms with Crippen LogP contribution in [0.1, 0.15) is 47.3 Å². The molecule has 1 heterocycles. The summed E-state index contributed by atoms with van der Waals surface area (Å²) in [5.41, 5.74) is 2.42. The number of hydrogen-bond donors (Lipinski definition) is 1. The van der Waals surface area contributed by atoms with E-state index < -0.39 is 0 Å². The lowest BCUT2D eigenvalue weighted by atomic mass is 9.92. The number of ether oxygens (including phenoxy) is 1. The lowest BCUT2D eigenvalue weighted by Gasteiger charge is -2.29. The predicted octanol–water partition coefficient (Wildman–Crippen LogP) is 7.16. The minimum atomic E-state index is -0.0826. The van der Waals surface area contributed by atoms with Gasteiger partial charge in [0.05, 0.1) is 27.3 Å². The van der Waals surface area contributed by atoms with E-state index in [2.05, 4.69) is 29.4 Å². The number of amides is 1. The van der Waals surface area contributed by atoms with Gasteiger partial charge in [0.2, 0.25) is 0 Å². The van der Waals surface area contributed by atoms with Gasteiger partial charge in [-0.25, -0.2) is 0 Å². The Morgan fingerprint density at radius 2 is 1.97 bits per heavy atom. The van der Waals surface area contributed by atoms with Crippen molar-refractivity contribution in [2.75, 3.05) is 6.66 Å². The molecule has 1 aliphatic carbocycles. The summed E-state index contributed by atoms with van der Waals surface area (Å²) in [6, 6.07) is 10.9. The fourth-order valence-electron chi connectivity index (χ4n) is 3.43.